The maximum Gasteiger partial charge on any atom is 0.309 e. The Morgan fingerprint density at radius 2 is 1.94 bits per heavy atom. The second-order valence-corrected chi connectivity index (χ2v) is 8.17. The molecule has 2 aliphatic rings. The molecule has 3 atom stereocenters. The van der Waals surface area contributed by atoms with E-state index in [9.17, 15) is 32.3 Å². The zero-order chi connectivity index (χ0) is 23.0. The van der Waals surface area contributed by atoms with Crippen LogP contribution in [0.2, 0.25) is 0 Å². The summed E-state index contributed by atoms with van der Waals surface area (Å²) in [6.07, 6.45) is -0.988. The Kier molecular flexibility index (Phi) is 6.18. The molecule has 2 heterocycles. The monoisotopic (exact) mass is 455 g/mol. The molecule has 1 aliphatic heterocycles. The van der Waals surface area contributed by atoms with Gasteiger partial charge >= 0.3 is 5.97 Å². The van der Waals surface area contributed by atoms with Gasteiger partial charge in [-0.3, -0.25) is 14.5 Å². The molecular formula is C21H21F4N3O4. The number of carbonyl (C=O) groups is 2. The fourth-order valence-corrected chi connectivity index (χ4v) is 4.21. The average Bonchev–Trinajstić information content (AvgIpc) is 3.43. The molecule has 2 N–H and O–H groups in total. The van der Waals surface area contributed by atoms with Crippen LogP contribution in [0.3, 0.4) is 0 Å². The zero-order valence-corrected chi connectivity index (χ0v) is 16.8. The van der Waals surface area contributed by atoms with Gasteiger partial charge in [0.05, 0.1) is 17.5 Å². The second kappa shape index (κ2) is 8.89. The molecule has 1 saturated heterocycles. The molecule has 7 nitrogen and oxygen atoms in total. The molecule has 2 fully saturated rings. The number of amides is 1. The van der Waals surface area contributed by atoms with Crippen LogP contribution in [0.15, 0.2) is 28.8 Å². The van der Waals surface area contributed by atoms with Crippen LogP contribution in [-0.4, -0.2) is 58.6 Å². The number of alkyl halides is 2. The molecule has 1 aromatic heterocycles. The van der Waals surface area contributed by atoms with Gasteiger partial charge in [0.25, 0.3) is 12.3 Å². The lowest BCUT2D eigenvalue weighted by Gasteiger charge is -2.40. The number of carboxylic acids is 1. The largest absolute Gasteiger partial charge is 0.481 e. The normalized spacial score (nSPS) is 22.7. The van der Waals surface area contributed by atoms with Crippen molar-refractivity contribution in [2.24, 2.45) is 11.8 Å². The Morgan fingerprint density at radius 1 is 1.19 bits per heavy atom. The van der Waals surface area contributed by atoms with Gasteiger partial charge in [-0.25, -0.2) is 17.6 Å². The predicted octanol–water partition coefficient (Wildman–Crippen LogP) is 3.17. The third-order valence-corrected chi connectivity index (χ3v) is 6.00. The number of nitrogens with zero attached hydrogens (tertiary/aromatic N) is 2. The Balaban J connectivity index is 1.45. The molecule has 1 amide bonds. The van der Waals surface area contributed by atoms with Gasteiger partial charge in [0.15, 0.2) is 11.5 Å². The third-order valence-electron chi connectivity index (χ3n) is 6.00. The molecule has 32 heavy (non-hydrogen) atoms. The summed E-state index contributed by atoms with van der Waals surface area (Å²) < 4.78 is 59.0. The van der Waals surface area contributed by atoms with Gasteiger partial charge in [-0.05, 0) is 37.3 Å². The summed E-state index contributed by atoms with van der Waals surface area (Å²) in [6.45, 7) is 0.127. The lowest BCUT2D eigenvalue weighted by molar-refractivity contribution is -0.146. The van der Waals surface area contributed by atoms with Gasteiger partial charge in [-0.1, -0.05) is 5.16 Å². The molecule has 1 saturated carbocycles. The van der Waals surface area contributed by atoms with Crippen LogP contribution in [0.4, 0.5) is 17.6 Å². The first-order valence-electron chi connectivity index (χ1n) is 10.2. The van der Waals surface area contributed by atoms with Crippen molar-refractivity contribution in [3.63, 3.8) is 0 Å². The number of nitrogens with one attached hydrogen (secondary N) is 1. The summed E-state index contributed by atoms with van der Waals surface area (Å²) in [7, 11) is 0. The average molecular weight is 455 g/mol. The minimum absolute atomic E-state index is 0.0900. The minimum Gasteiger partial charge on any atom is -0.481 e. The van der Waals surface area contributed by atoms with E-state index < -0.39 is 47.9 Å². The molecule has 2 aromatic rings. The number of likely N-dealkylation sites (tertiary alicyclic amines) is 1. The first-order valence-corrected chi connectivity index (χ1v) is 10.2. The Labute approximate surface area is 180 Å². The van der Waals surface area contributed by atoms with E-state index in [1.165, 1.54) is 4.90 Å². The first-order chi connectivity index (χ1) is 15.2. The maximum atomic E-state index is 13.9. The number of aliphatic carboxylic acids is 1. The highest BCUT2D eigenvalue weighted by Gasteiger charge is 2.45. The number of carboxylic acid groups (broad SMARTS) is 1. The number of halogens is 4. The molecule has 1 unspecified atom stereocenters. The molecule has 172 valence electrons. The fraction of sp³-hybridized carbons (Fsp3) is 0.476. The van der Waals surface area contributed by atoms with E-state index in [1.54, 1.807) is 0 Å². The van der Waals surface area contributed by atoms with Crippen LogP contribution in [0.5, 0.6) is 0 Å². The van der Waals surface area contributed by atoms with Crippen molar-refractivity contribution >= 4 is 11.9 Å². The molecule has 0 spiro atoms. The summed E-state index contributed by atoms with van der Waals surface area (Å²) >= 11 is 0. The van der Waals surface area contributed by atoms with Crippen molar-refractivity contribution in [1.82, 2.24) is 15.4 Å². The number of benzene rings is 1. The van der Waals surface area contributed by atoms with E-state index in [0.717, 1.165) is 18.2 Å². The van der Waals surface area contributed by atoms with E-state index in [-0.39, 0.29) is 42.4 Å². The highest BCUT2D eigenvalue weighted by molar-refractivity contribution is 5.93. The second-order valence-electron chi connectivity index (χ2n) is 8.17. The van der Waals surface area contributed by atoms with Crippen LogP contribution in [0.1, 0.15) is 29.8 Å². The maximum absolute atomic E-state index is 13.9. The van der Waals surface area contributed by atoms with E-state index in [1.807, 2.05) is 0 Å². The summed E-state index contributed by atoms with van der Waals surface area (Å²) in [5.74, 6) is -4.90. The van der Waals surface area contributed by atoms with E-state index in [2.05, 4.69) is 10.5 Å². The molecule has 1 aliphatic carbocycles. The highest BCUT2D eigenvalue weighted by atomic mass is 19.3. The quantitative estimate of drug-likeness (QED) is 0.623. The van der Waals surface area contributed by atoms with Crippen molar-refractivity contribution in [2.45, 2.75) is 37.8 Å². The number of carbonyl (C=O) groups excluding carboxylic acids is 1. The van der Waals surface area contributed by atoms with Crippen molar-refractivity contribution in [3.8, 4) is 11.3 Å². The Hall–Kier alpha value is -2.95. The zero-order valence-electron chi connectivity index (χ0n) is 16.8. The highest BCUT2D eigenvalue weighted by Crippen LogP contribution is 2.39. The fourth-order valence-electron chi connectivity index (χ4n) is 4.21. The van der Waals surface area contributed by atoms with Crippen LogP contribution < -0.4 is 5.32 Å². The summed E-state index contributed by atoms with van der Waals surface area (Å²) in [4.78, 5) is 25.9. The van der Waals surface area contributed by atoms with Crippen LogP contribution in [0.25, 0.3) is 11.3 Å². The molecule has 11 heteroatoms. The first kappa shape index (κ1) is 22.3. The Bertz CT molecular complexity index is 1010. The predicted molar refractivity (Wildman–Crippen MR) is 103 cm³/mol. The van der Waals surface area contributed by atoms with Crippen LogP contribution in [0, 0.1) is 23.5 Å². The topological polar surface area (TPSA) is 95.7 Å². The smallest absolute Gasteiger partial charge is 0.309 e. The van der Waals surface area contributed by atoms with Crippen LogP contribution in [-0.2, 0) is 4.79 Å². The Morgan fingerprint density at radius 3 is 2.56 bits per heavy atom. The standard InChI is InChI=1S/C21H21F4N3O4/c22-11-3-4-12(14(23)7-11)17-8-16(27-32-17)20(29)26-15-5-6-28(9-13(15)21(30)31)18(19(24)25)10-1-2-10/h3-4,7-8,10,13,15,18-19H,1-2,5-6,9H2,(H,26,29)(H,30,31)/t13-,15-,18?/m0/s1. The van der Waals surface area contributed by atoms with Gasteiger partial charge in [0.1, 0.15) is 11.6 Å². The lowest BCUT2D eigenvalue weighted by atomic mass is 9.90. The van der Waals surface area contributed by atoms with Gasteiger partial charge in [-0.2, -0.15) is 0 Å². The minimum atomic E-state index is -2.57. The number of piperidine rings is 1. The third kappa shape index (κ3) is 4.62. The number of hydrogen-bond acceptors (Lipinski definition) is 5. The van der Waals surface area contributed by atoms with Gasteiger partial charge in [0, 0.05) is 31.3 Å². The summed E-state index contributed by atoms with van der Waals surface area (Å²) in [5, 5.41) is 15.8. The van der Waals surface area contributed by atoms with Crippen molar-refractivity contribution in [3.05, 3.63) is 41.6 Å². The van der Waals surface area contributed by atoms with E-state index >= 15 is 0 Å². The van der Waals surface area contributed by atoms with Crippen molar-refractivity contribution in [1.29, 1.82) is 0 Å². The van der Waals surface area contributed by atoms with Gasteiger partial charge in [-0.15, -0.1) is 0 Å². The SMILES string of the molecule is O=C(N[C@H]1CCN(C(C(F)F)C2CC2)C[C@@H]1C(=O)O)c1cc(-c2ccc(F)cc2F)on1. The molecular weight excluding hydrogens is 434 g/mol. The number of aromatic nitrogens is 1. The van der Waals surface area contributed by atoms with Crippen molar-refractivity contribution < 1.29 is 36.8 Å². The molecule has 0 radical (unpaired) electrons. The summed E-state index contributed by atoms with van der Waals surface area (Å²) in [5.41, 5.74) is -0.300. The number of rotatable bonds is 7. The van der Waals surface area contributed by atoms with E-state index in [4.69, 9.17) is 4.52 Å². The molecule has 1 aromatic carbocycles. The summed E-state index contributed by atoms with van der Waals surface area (Å²) in [6, 6.07) is 2.23. The number of hydrogen-bond donors (Lipinski definition) is 2. The van der Waals surface area contributed by atoms with Crippen molar-refractivity contribution in [2.75, 3.05) is 13.1 Å². The van der Waals surface area contributed by atoms with Gasteiger partial charge < -0.3 is 14.9 Å². The molecule has 0 bridgehead atoms. The van der Waals surface area contributed by atoms with E-state index in [0.29, 0.717) is 18.9 Å². The molecule has 4 rings (SSSR count). The van der Waals surface area contributed by atoms with Gasteiger partial charge in [0.2, 0.25) is 0 Å². The van der Waals surface area contributed by atoms with Crippen LogP contribution >= 0.6 is 0 Å². The lowest BCUT2D eigenvalue weighted by Crippen LogP contribution is -2.57.